The Balaban J connectivity index is 1.68. The van der Waals surface area contributed by atoms with Crippen LogP contribution in [0, 0.1) is 0 Å². The van der Waals surface area contributed by atoms with Gasteiger partial charge < -0.3 is 0 Å². The molecule has 0 aliphatic carbocycles. The van der Waals surface area contributed by atoms with Gasteiger partial charge in [0.05, 0.1) is 5.02 Å². The van der Waals surface area contributed by atoms with Crippen molar-refractivity contribution < 1.29 is 0 Å². The summed E-state index contributed by atoms with van der Waals surface area (Å²) in [5.41, 5.74) is 6.04. The van der Waals surface area contributed by atoms with Crippen molar-refractivity contribution in [3.63, 3.8) is 0 Å². The van der Waals surface area contributed by atoms with E-state index in [-0.39, 0.29) is 5.92 Å². The van der Waals surface area contributed by atoms with Gasteiger partial charge in [0, 0.05) is 23.9 Å². The molecule has 0 fully saturated rings. The molecule has 0 radical (unpaired) electrons. The number of hydrogen-bond donors (Lipinski definition) is 0. The van der Waals surface area contributed by atoms with Gasteiger partial charge in [0.1, 0.15) is 0 Å². The number of unbranched alkanes of at least 4 members (excludes halogenated alkanes) is 4. The van der Waals surface area contributed by atoms with E-state index in [0.717, 1.165) is 12.0 Å². The van der Waals surface area contributed by atoms with Crippen LogP contribution in [-0.4, -0.2) is 9.97 Å². The Kier molecular flexibility index (Phi) is 9.09. The van der Waals surface area contributed by atoms with Gasteiger partial charge in [0.2, 0.25) is 0 Å². The van der Waals surface area contributed by atoms with Gasteiger partial charge in [0.15, 0.2) is 5.82 Å². The average Bonchev–Trinajstić information content (AvgIpc) is 2.80. The summed E-state index contributed by atoms with van der Waals surface area (Å²) in [4.78, 5) is 9.13. The highest BCUT2D eigenvalue weighted by molar-refractivity contribution is 6.33. The van der Waals surface area contributed by atoms with Crippen LogP contribution in [0.2, 0.25) is 5.02 Å². The fourth-order valence-electron chi connectivity index (χ4n) is 3.93. The molecular formula is C28H35ClN2. The molecule has 1 unspecified atom stereocenters. The number of nitrogens with zero attached hydrogens (tertiary/aromatic N) is 2. The third kappa shape index (κ3) is 6.64. The molecule has 0 aliphatic heterocycles. The van der Waals surface area contributed by atoms with Crippen LogP contribution in [-0.2, 0) is 12.8 Å². The molecule has 1 heterocycles. The standard InChI is InChI=1S/C28H35ClN2/c1-4-6-8-10-22-12-14-24(15-13-22)21(3)25-16-17-26(27(29)18-25)28-30-19-23(20-31-28)11-9-7-5-2/h12-21H,4-11H2,1-3H3. The maximum atomic E-state index is 6.65. The minimum absolute atomic E-state index is 0.290. The monoisotopic (exact) mass is 434 g/mol. The summed E-state index contributed by atoms with van der Waals surface area (Å²) in [5.74, 6) is 0.984. The molecule has 0 saturated heterocycles. The molecular weight excluding hydrogens is 400 g/mol. The summed E-state index contributed by atoms with van der Waals surface area (Å²) in [6.07, 6.45) is 13.6. The van der Waals surface area contributed by atoms with Crippen LogP contribution in [0.1, 0.15) is 87.5 Å². The first-order chi connectivity index (χ1) is 15.1. The number of halogens is 1. The van der Waals surface area contributed by atoms with Gasteiger partial charge in [-0.1, -0.05) is 88.4 Å². The van der Waals surface area contributed by atoms with E-state index in [1.807, 2.05) is 12.4 Å². The Morgan fingerprint density at radius 3 is 1.90 bits per heavy atom. The molecule has 0 amide bonds. The van der Waals surface area contributed by atoms with Crippen molar-refractivity contribution in [3.05, 3.63) is 82.1 Å². The van der Waals surface area contributed by atoms with E-state index in [4.69, 9.17) is 11.6 Å². The van der Waals surface area contributed by atoms with Crippen molar-refractivity contribution in [2.24, 2.45) is 0 Å². The molecule has 2 nitrogen and oxygen atoms in total. The van der Waals surface area contributed by atoms with E-state index >= 15 is 0 Å². The fraction of sp³-hybridized carbons (Fsp3) is 0.429. The highest BCUT2D eigenvalue weighted by atomic mass is 35.5. The molecule has 0 spiro atoms. The summed E-state index contributed by atoms with van der Waals surface area (Å²) in [7, 11) is 0. The van der Waals surface area contributed by atoms with Gasteiger partial charge in [-0.25, -0.2) is 9.97 Å². The highest BCUT2D eigenvalue weighted by Gasteiger charge is 2.13. The molecule has 0 saturated carbocycles. The van der Waals surface area contributed by atoms with Crippen molar-refractivity contribution in [2.45, 2.75) is 78.1 Å². The first-order valence-electron chi connectivity index (χ1n) is 11.8. The second-order valence-corrected chi connectivity index (χ2v) is 8.94. The molecule has 1 atom stereocenters. The van der Waals surface area contributed by atoms with Crippen molar-refractivity contribution in [1.82, 2.24) is 9.97 Å². The third-order valence-electron chi connectivity index (χ3n) is 6.06. The number of aromatic nitrogens is 2. The van der Waals surface area contributed by atoms with Crippen LogP contribution >= 0.6 is 11.6 Å². The van der Waals surface area contributed by atoms with Crippen LogP contribution in [0.15, 0.2) is 54.9 Å². The topological polar surface area (TPSA) is 25.8 Å². The Morgan fingerprint density at radius 2 is 1.32 bits per heavy atom. The van der Waals surface area contributed by atoms with Gasteiger partial charge in [-0.2, -0.15) is 0 Å². The second kappa shape index (κ2) is 12.0. The maximum Gasteiger partial charge on any atom is 0.160 e. The zero-order valence-electron chi connectivity index (χ0n) is 19.2. The summed E-state index contributed by atoms with van der Waals surface area (Å²) in [6, 6.07) is 15.3. The summed E-state index contributed by atoms with van der Waals surface area (Å²) < 4.78 is 0. The van der Waals surface area contributed by atoms with Crippen LogP contribution < -0.4 is 0 Å². The van der Waals surface area contributed by atoms with E-state index in [0.29, 0.717) is 10.8 Å². The first-order valence-corrected chi connectivity index (χ1v) is 12.2. The predicted molar refractivity (Wildman–Crippen MR) is 133 cm³/mol. The molecule has 31 heavy (non-hydrogen) atoms. The van der Waals surface area contributed by atoms with E-state index in [1.54, 1.807) is 0 Å². The molecule has 164 valence electrons. The minimum atomic E-state index is 0.290. The minimum Gasteiger partial charge on any atom is -0.236 e. The third-order valence-corrected chi connectivity index (χ3v) is 6.37. The number of benzene rings is 2. The lowest BCUT2D eigenvalue weighted by Gasteiger charge is -2.15. The van der Waals surface area contributed by atoms with Gasteiger partial charge in [-0.3, -0.25) is 0 Å². The first kappa shape index (κ1) is 23.5. The van der Waals surface area contributed by atoms with Crippen LogP contribution in [0.4, 0.5) is 0 Å². The number of hydrogen-bond acceptors (Lipinski definition) is 2. The number of rotatable bonds is 11. The van der Waals surface area contributed by atoms with Crippen LogP contribution in [0.3, 0.4) is 0 Å². The Hall–Kier alpha value is -2.19. The lowest BCUT2D eigenvalue weighted by molar-refractivity contribution is 0.714. The lowest BCUT2D eigenvalue weighted by Crippen LogP contribution is -1.98. The molecule has 3 heteroatoms. The number of aryl methyl sites for hydroxylation is 2. The maximum absolute atomic E-state index is 6.65. The zero-order chi connectivity index (χ0) is 22.1. The van der Waals surface area contributed by atoms with Crippen LogP contribution in [0.25, 0.3) is 11.4 Å². The van der Waals surface area contributed by atoms with Crippen molar-refractivity contribution in [2.75, 3.05) is 0 Å². The van der Waals surface area contributed by atoms with Gasteiger partial charge in [-0.15, -0.1) is 0 Å². The second-order valence-electron chi connectivity index (χ2n) is 8.53. The molecule has 1 aromatic heterocycles. The average molecular weight is 435 g/mol. The van der Waals surface area contributed by atoms with Crippen molar-refractivity contribution in [1.29, 1.82) is 0 Å². The van der Waals surface area contributed by atoms with Crippen molar-refractivity contribution in [3.8, 4) is 11.4 Å². The zero-order valence-corrected chi connectivity index (χ0v) is 20.0. The Labute approximate surface area is 193 Å². The van der Waals surface area contributed by atoms with Crippen molar-refractivity contribution >= 4 is 11.6 Å². The predicted octanol–water partition coefficient (Wildman–Crippen LogP) is 8.41. The van der Waals surface area contributed by atoms with Crippen LogP contribution in [0.5, 0.6) is 0 Å². The quantitative estimate of drug-likeness (QED) is 0.283. The summed E-state index contributed by atoms with van der Waals surface area (Å²) >= 11 is 6.65. The fourth-order valence-corrected chi connectivity index (χ4v) is 4.20. The molecule has 2 aromatic carbocycles. The van der Waals surface area contributed by atoms with Gasteiger partial charge >= 0.3 is 0 Å². The highest BCUT2D eigenvalue weighted by Crippen LogP contribution is 2.32. The largest absolute Gasteiger partial charge is 0.236 e. The molecule has 3 aromatic rings. The molecule has 0 bridgehead atoms. The molecule has 3 rings (SSSR count). The smallest absolute Gasteiger partial charge is 0.160 e. The van der Waals surface area contributed by atoms with E-state index in [2.05, 4.69) is 73.2 Å². The van der Waals surface area contributed by atoms with E-state index in [1.165, 1.54) is 67.2 Å². The lowest BCUT2D eigenvalue weighted by atomic mass is 9.91. The summed E-state index contributed by atoms with van der Waals surface area (Å²) in [5, 5.41) is 0.708. The van der Waals surface area contributed by atoms with Gasteiger partial charge in [0.25, 0.3) is 0 Å². The van der Waals surface area contributed by atoms with E-state index in [9.17, 15) is 0 Å². The summed E-state index contributed by atoms with van der Waals surface area (Å²) in [6.45, 7) is 6.70. The van der Waals surface area contributed by atoms with E-state index < -0.39 is 0 Å². The molecule has 0 N–H and O–H groups in total. The Bertz CT molecular complexity index is 932. The molecule has 0 aliphatic rings. The normalized spacial score (nSPS) is 12.1. The Morgan fingerprint density at radius 1 is 0.742 bits per heavy atom. The SMILES string of the molecule is CCCCCc1ccc(C(C)c2ccc(-c3ncc(CCCCC)cn3)c(Cl)c2)cc1. The van der Waals surface area contributed by atoms with Gasteiger partial charge in [-0.05, 0) is 60.1 Å².